The number of sulfonamides is 1. The number of hydrogen-bond donors (Lipinski definition) is 3. The highest BCUT2D eigenvalue weighted by atomic mass is 32.2. The molecule has 26 heavy (non-hydrogen) atoms. The molecular weight excluding hydrogens is 359 g/mol. The molecule has 0 aliphatic heterocycles. The van der Waals surface area contributed by atoms with Crippen molar-refractivity contribution >= 4 is 32.7 Å². The number of aromatic amines is 1. The minimum atomic E-state index is -3.52. The third kappa shape index (κ3) is 4.17. The molecule has 0 aliphatic rings. The van der Waals surface area contributed by atoms with Crippen LogP contribution in [0.25, 0.3) is 11.0 Å². The SMILES string of the molecule is Cc1ccc(NS(C)(=O)=O)c(C(=O)NCc2nc3ccc(F)cc3[nH]2)c1. The van der Waals surface area contributed by atoms with Crippen molar-refractivity contribution in [2.24, 2.45) is 0 Å². The lowest BCUT2D eigenvalue weighted by Crippen LogP contribution is -2.25. The van der Waals surface area contributed by atoms with Crippen LogP contribution in [0.2, 0.25) is 0 Å². The first-order valence-electron chi connectivity index (χ1n) is 7.72. The quantitative estimate of drug-likeness (QED) is 0.636. The summed E-state index contributed by atoms with van der Waals surface area (Å²) in [6, 6.07) is 9.01. The monoisotopic (exact) mass is 376 g/mol. The van der Waals surface area contributed by atoms with Gasteiger partial charge in [0, 0.05) is 0 Å². The van der Waals surface area contributed by atoms with Gasteiger partial charge in [-0.1, -0.05) is 11.6 Å². The zero-order valence-corrected chi connectivity index (χ0v) is 14.9. The van der Waals surface area contributed by atoms with Crippen LogP contribution in [-0.4, -0.2) is 30.5 Å². The van der Waals surface area contributed by atoms with Gasteiger partial charge in [0.15, 0.2) is 0 Å². The van der Waals surface area contributed by atoms with Gasteiger partial charge in [-0.2, -0.15) is 0 Å². The van der Waals surface area contributed by atoms with Crippen LogP contribution in [0.1, 0.15) is 21.7 Å². The van der Waals surface area contributed by atoms with Crippen LogP contribution in [0.3, 0.4) is 0 Å². The Balaban J connectivity index is 1.79. The maximum atomic E-state index is 13.2. The molecule has 3 aromatic rings. The number of hydrogen-bond acceptors (Lipinski definition) is 4. The highest BCUT2D eigenvalue weighted by molar-refractivity contribution is 7.92. The summed E-state index contributed by atoms with van der Waals surface area (Å²) in [6.45, 7) is 1.89. The van der Waals surface area contributed by atoms with Crippen molar-refractivity contribution < 1.29 is 17.6 Å². The second-order valence-corrected chi connectivity index (χ2v) is 7.70. The molecule has 0 radical (unpaired) electrons. The van der Waals surface area contributed by atoms with Crippen LogP contribution in [-0.2, 0) is 16.6 Å². The number of carbonyl (C=O) groups is 1. The summed E-state index contributed by atoms with van der Waals surface area (Å²) in [7, 11) is -3.52. The highest BCUT2D eigenvalue weighted by Gasteiger charge is 2.15. The van der Waals surface area contributed by atoms with Crippen LogP contribution in [0.5, 0.6) is 0 Å². The molecule has 0 saturated heterocycles. The Morgan fingerprint density at radius 3 is 2.73 bits per heavy atom. The molecule has 0 fully saturated rings. The number of aromatic nitrogens is 2. The van der Waals surface area contributed by atoms with Crippen molar-refractivity contribution in [1.82, 2.24) is 15.3 Å². The molecule has 0 aliphatic carbocycles. The predicted octanol–water partition coefficient (Wildman–Crippen LogP) is 2.31. The molecule has 3 rings (SSSR count). The van der Waals surface area contributed by atoms with Gasteiger partial charge in [-0.15, -0.1) is 0 Å². The van der Waals surface area contributed by atoms with E-state index in [1.807, 2.05) is 0 Å². The first-order valence-corrected chi connectivity index (χ1v) is 9.61. The van der Waals surface area contributed by atoms with Crippen LogP contribution >= 0.6 is 0 Å². The number of anilines is 1. The Morgan fingerprint density at radius 2 is 2.00 bits per heavy atom. The molecule has 3 N–H and O–H groups in total. The maximum Gasteiger partial charge on any atom is 0.253 e. The minimum absolute atomic E-state index is 0.0847. The van der Waals surface area contributed by atoms with Gasteiger partial charge in [-0.05, 0) is 37.3 Å². The van der Waals surface area contributed by atoms with Crippen molar-refractivity contribution in [3.8, 4) is 0 Å². The van der Waals surface area contributed by atoms with Crippen molar-refractivity contribution in [2.45, 2.75) is 13.5 Å². The Bertz CT molecular complexity index is 1090. The molecule has 1 heterocycles. The molecule has 0 atom stereocenters. The number of nitrogens with zero attached hydrogens (tertiary/aromatic N) is 1. The van der Waals surface area contributed by atoms with Gasteiger partial charge in [-0.25, -0.2) is 17.8 Å². The number of nitrogens with one attached hydrogen (secondary N) is 3. The van der Waals surface area contributed by atoms with E-state index in [4.69, 9.17) is 0 Å². The molecule has 136 valence electrons. The van der Waals surface area contributed by atoms with E-state index in [0.29, 0.717) is 16.9 Å². The van der Waals surface area contributed by atoms with E-state index in [1.165, 1.54) is 18.2 Å². The second-order valence-electron chi connectivity index (χ2n) is 5.95. The summed E-state index contributed by atoms with van der Waals surface area (Å²) >= 11 is 0. The van der Waals surface area contributed by atoms with E-state index in [0.717, 1.165) is 11.8 Å². The predicted molar refractivity (Wildman–Crippen MR) is 96.9 cm³/mol. The maximum absolute atomic E-state index is 13.2. The fourth-order valence-corrected chi connectivity index (χ4v) is 3.09. The lowest BCUT2D eigenvalue weighted by molar-refractivity contribution is 0.0951. The molecule has 7 nitrogen and oxygen atoms in total. The van der Waals surface area contributed by atoms with Crippen molar-refractivity contribution in [3.05, 3.63) is 59.2 Å². The number of aryl methyl sites for hydroxylation is 1. The number of fused-ring (bicyclic) bond motifs is 1. The Hall–Kier alpha value is -2.94. The second kappa shape index (κ2) is 6.75. The van der Waals surface area contributed by atoms with Gasteiger partial charge >= 0.3 is 0 Å². The van der Waals surface area contributed by atoms with E-state index >= 15 is 0 Å². The van der Waals surface area contributed by atoms with E-state index in [1.54, 1.807) is 25.1 Å². The molecule has 0 unspecified atom stereocenters. The van der Waals surface area contributed by atoms with E-state index < -0.39 is 15.9 Å². The Morgan fingerprint density at radius 1 is 1.23 bits per heavy atom. The topological polar surface area (TPSA) is 104 Å². The van der Waals surface area contributed by atoms with Crippen molar-refractivity contribution in [2.75, 3.05) is 11.0 Å². The van der Waals surface area contributed by atoms with Crippen LogP contribution in [0, 0.1) is 12.7 Å². The number of carbonyl (C=O) groups excluding carboxylic acids is 1. The summed E-state index contributed by atoms with van der Waals surface area (Å²) in [4.78, 5) is 19.7. The van der Waals surface area contributed by atoms with Gasteiger partial charge in [0.25, 0.3) is 5.91 Å². The van der Waals surface area contributed by atoms with E-state index in [-0.39, 0.29) is 23.6 Å². The Labute approximate surface area is 149 Å². The number of benzene rings is 2. The molecule has 2 aromatic carbocycles. The highest BCUT2D eigenvalue weighted by Crippen LogP contribution is 2.19. The summed E-state index contributed by atoms with van der Waals surface area (Å²) in [5.41, 5.74) is 2.34. The van der Waals surface area contributed by atoms with Gasteiger partial charge in [-0.3, -0.25) is 9.52 Å². The van der Waals surface area contributed by atoms with E-state index in [9.17, 15) is 17.6 Å². The van der Waals surface area contributed by atoms with Crippen molar-refractivity contribution in [1.29, 1.82) is 0 Å². The van der Waals surface area contributed by atoms with Crippen molar-refractivity contribution in [3.63, 3.8) is 0 Å². The standard InChI is InChI=1S/C17H17FN4O3S/c1-10-3-5-13(22-26(2,24)25)12(7-10)17(23)19-9-16-20-14-6-4-11(18)8-15(14)21-16/h3-8,22H,9H2,1-2H3,(H,19,23)(H,20,21). The molecule has 1 aromatic heterocycles. The lowest BCUT2D eigenvalue weighted by atomic mass is 10.1. The van der Waals surface area contributed by atoms with Gasteiger partial charge in [0.05, 0.1) is 35.1 Å². The number of imidazole rings is 1. The third-order valence-electron chi connectivity index (χ3n) is 3.62. The zero-order valence-electron chi connectivity index (χ0n) is 14.1. The number of amides is 1. The van der Waals surface area contributed by atoms with Gasteiger partial charge in [0.2, 0.25) is 10.0 Å². The van der Waals surface area contributed by atoms with Crippen LogP contribution in [0.4, 0.5) is 10.1 Å². The first kappa shape index (κ1) is 17.9. The smallest absolute Gasteiger partial charge is 0.253 e. The third-order valence-corrected chi connectivity index (χ3v) is 4.22. The number of rotatable bonds is 5. The fourth-order valence-electron chi connectivity index (χ4n) is 2.51. The van der Waals surface area contributed by atoms with Crippen LogP contribution < -0.4 is 10.0 Å². The normalized spacial score (nSPS) is 11.5. The summed E-state index contributed by atoms with van der Waals surface area (Å²) < 4.78 is 38.5. The fraction of sp³-hybridized carbons (Fsp3) is 0.176. The zero-order chi connectivity index (χ0) is 18.9. The average Bonchev–Trinajstić information content (AvgIpc) is 2.95. The summed E-state index contributed by atoms with van der Waals surface area (Å²) in [5, 5.41) is 2.68. The molecule has 0 bridgehead atoms. The largest absolute Gasteiger partial charge is 0.345 e. The average molecular weight is 376 g/mol. The summed E-state index contributed by atoms with van der Waals surface area (Å²) in [6.07, 6.45) is 1.02. The number of H-pyrrole nitrogens is 1. The Kier molecular flexibility index (Phi) is 4.64. The minimum Gasteiger partial charge on any atom is -0.345 e. The first-order chi connectivity index (χ1) is 12.2. The summed E-state index contributed by atoms with van der Waals surface area (Å²) in [5.74, 6) is -0.372. The number of halogens is 1. The van der Waals surface area contributed by atoms with E-state index in [2.05, 4.69) is 20.0 Å². The van der Waals surface area contributed by atoms with Gasteiger partial charge in [0.1, 0.15) is 11.6 Å². The van der Waals surface area contributed by atoms with Gasteiger partial charge < -0.3 is 10.3 Å². The molecular formula is C17H17FN4O3S. The molecule has 0 spiro atoms. The lowest BCUT2D eigenvalue weighted by Gasteiger charge is -2.11. The molecule has 1 amide bonds. The van der Waals surface area contributed by atoms with Crippen LogP contribution in [0.15, 0.2) is 36.4 Å². The molecule has 9 heteroatoms. The molecule has 0 saturated carbocycles.